The molecule has 18 heavy (non-hydrogen) atoms. The van der Waals surface area contributed by atoms with Crippen LogP contribution in [0.3, 0.4) is 0 Å². The number of halogens is 3. The molecule has 0 heterocycles. The van der Waals surface area contributed by atoms with E-state index in [4.69, 9.17) is 9.47 Å². The number of carbonyl (C=O) groups is 1. The van der Waals surface area contributed by atoms with E-state index in [2.05, 4.69) is 0 Å². The lowest BCUT2D eigenvalue weighted by Gasteiger charge is -2.30. The summed E-state index contributed by atoms with van der Waals surface area (Å²) in [6.45, 7) is 1.98. The highest BCUT2D eigenvalue weighted by atomic mass is 19.4. The second-order valence-corrected chi connectivity index (χ2v) is 4.00. The maximum Gasteiger partial charge on any atom is 0.411 e. The zero-order chi connectivity index (χ0) is 14.3. The second kappa shape index (κ2) is 7.58. The number of nitrogens with zero attached hydrogens (tertiary/aromatic N) is 1. The van der Waals surface area contributed by atoms with Crippen molar-refractivity contribution in [3.8, 4) is 0 Å². The van der Waals surface area contributed by atoms with Gasteiger partial charge in [-0.05, 0) is 13.3 Å². The average Bonchev–Trinajstić information content (AvgIpc) is 2.30. The van der Waals surface area contributed by atoms with E-state index >= 15 is 0 Å². The Kier molecular flexibility index (Phi) is 7.23. The van der Waals surface area contributed by atoms with E-state index < -0.39 is 31.0 Å². The average molecular weight is 271 g/mol. The van der Waals surface area contributed by atoms with Crippen LogP contribution in [0, 0.1) is 0 Å². The van der Waals surface area contributed by atoms with Crippen molar-refractivity contribution in [2.75, 3.05) is 20.8 Å². The van der Waals surface area contributed by atoms with E-state index in [9.17, 15) is 18.0 Å². The van der Waals surface area contributed by atoms with Crippen LogP contribution in [-0.2, 0) is 14.3 Å². The predicted molar refractivity (Wildman–Crippen MR) is 59.9 cm³/mol. The Labute approximate surface area is 105 Å². The van der Waals surface area contributed by atoms with Crippen molar-refractivity contribution in [1.82, 2.24) is 4.90 Å². The molecule has 0 aliphatic rings. The summed E-state index contributed by atoms with van der Waals surface area (Å²) in [5.41, 5.74) is 0. The lowest BCUT2D eigenvalue weighted by Crippen LogP contribution is -2.45. The van der Waals surface area contributed by atoms with Gasteiger partial charge in [-0.3, -0.25) is 4.79 Å². The number of methoxy groups -OCH3 is 1. The molecule has 0 saturated heterocycles. The maximum atomic E-state index is 12.1. The van der Waals surface area contributed by atoms with Gasteiger partial charge in [-0.15, -0.1) is 0 Å². The normalized spacial score (nSPS) is 15.3. The summed E-state index contributed by atoms with van der Waals surface area (Å²) in [7, 11) is 2.77. The molecule has 0 bridgehead atoms. The van der Waals surface area contributed by atoms with Crippen LogP contribution in [0.1, 0.15) is 26.7 Å². The molecule has 0 radical (unpaired) electrons. The molecule has 0 aliphatic heterocycles. The quantitative estimate of drug-likeness (QED) is 0.666. The first-order valence-electron chi connectivity index (χ1n) is 5.70. The lowest BCUT2D eigenvalue weighted by atomic mass is 10.2. The smallest absolute Gasteiger partial charge is 0.372 e. The lowest BCUT2D eigenvalue weighted by molar-refractivity contribution is -0.205. The van der Waals surface area contributed by atoms with E-state index in [1.807, 2.05) is 6.92 Å². The minimum absolute atomic E-state index is 0.342. The van der Waals surface area contributed by atoms with Crippen LogP contribution < -0.4 is 0 Å². The molecule has 0 N–H and O–H groups in total. The SMILES string of the molecule is CCCC(OCC(F)(F)F)N(C)C(=O)C(C)OC. The first kappa shape index (κ1) is 17.2. The second-order valence-electron chi connectivity index (χ2n) is 4.00. The first-order valence-corrected chi connectivity index (χ1v) is 5.70. The number of amides is 1. The number of alkyl halides is 3. The Hall–Kier alpha value is -0.820. The number of rotatable bonds is 7. The van der Waals surface area contributed by atoms with Gasteiger partial charge in [-0.1, -0.05) is 13.3 Å². The van der Waals surface area contributed by atoms with Crippen molar-refractivity contribution in [1.29, 1.82) is 0 Å². The third kappa shape index (κ3) is 6.20. The number of hydrogen-bond acceptors (Lipinski definition) is 3. The molecular weight excluding hydrogens is 251 g/mol. The van der Waals surface area contributed by atoms with Crippen molar-refractivity contribution >= 4 is 5.91 Å². The fraction of sp³-hybridized carbons (Fsp3) is 0.909. The fourth-order valence-corrected chi connectivity index (χ4v) is 1.36. The van der Waals surface area contributed by atoms with Crippen molar-refractivity contribution in [2.45, 2.75) is 45.2 Å². The monoisotopic (exact) mass is 271 g/mol. The largest absolute Gasteiger partial charge is 0.411 e. The topological polar surface area (TPSA) is 38.8 Å². The molecule has 108 valence electrons. The van der Waals surface area contributed by atoms with Crippen LogP contribution in [0.25, 0.3) is 0 Å². The van der Waals surface area contributed by atoms with E-state index in [1.54, 1.807) is 0 Å². The summed E-state index contributed by atoms with van der Waals surface area (Å²) in [5, 5.41) is 0. The summed E-state index contributed by atoms with van der Waals surface area (Å²) >= 11 is 0. The molecular formula is C11H20F3NO3. The molecule has 0 fully saturated rings. The van der Waals surface area contributed by atoms with Crippen LogP contribution >= 0.6 is 0 Å². The molecule has 4 nitrogen and oxygen atoms in total. The summed E-state index contributed by atoms with van der Waals surface area (Å²) in [6.07, 6.45) is -5.04. The zero-order valence-corrected chi connectivity index (χ0v) is 11.1. The highest BCUT2D eigenvalue weighted by Gasteiger charge is 2.31. The van der Waals surface area contributed by atoms with Gasteiger partial charge in [0.1, 0.15) is 18.9 Å². The van der Waals surface area contributed by atoms with Crippen molar-refractivity contribution in [3.05, 3.63) is 0 Å². The molecule has 7 heteroatoms. The van der Waals surface area contributed by atoms with E-state index in [1.165, 1.54) is 21.1 Å². The predicted octanol–water partition coefficient (Wildman–Crippen LogP) is 2.18. The molecule has 0 spiro atoms. The van der Waals surface area contributed by atoms with Gasteiger partial charge in [-0.2, -0.15) is 13.2 Å². The van der Waals surface area contributed by atoms with Gasteiger partial charge in [0.2, 0.25) is 0 Å². The molecule has 0 rings (SSSR count). The molecule has 0 aliphatic carbocycles. The van der Waals surface area contributed by atoms with Crippen LogP contribution in [0.2, 0.25) is 0 Å². The minimum atomic E-state index is -4.40. The number of hydrogen-bond donors (Lipinski definition) is 0. The molecule has 0 saturated carbocycles. The number of carbonyl (C=O) groups excluding carboxylic acids is 1. The van der Waals surface area contributed by atoms with Gasteiger partial charge in [-0.25, -0.2) is 0 Å². The Morgan fingerprint density at radius 2 is 1.94 bits per heavy atom. The van der Waals surface area contributed by atoms with E-state index in [-0.39, 0.29) is 0 Å². The molecule has 2 atom stereocenters. The summed E-state index contributed by atoms with van der Waals surface area (Å²) in [5.74, 6) is -0.405. The van der Waals surface area contributed by atoms with Gasteiger partial charge in [0.15, 0.2) is 0 Å². The molecule has 1 amide bonds. The van der Waals surface area contributed by atoms with Crippen molar-refractivity contribution in [2.24, 2.45) is 0 Å². The van der Waals surface area contributed by atoms with E-state index in [0.29, 0.717) is 12.8 Å². The summed E-state index contributed by atoms with van der Waals surface area (Å²) in [4.78, 5) is 12.9. The Morgan fingerprint density at radius 1 is 1.39 bits per heavy atom. The fourth-order valence-electron chi connectivity index (χ4n) is 1.36. The molecule has 2 unspecified atom stereocenters. The Morgan fingerprint density at radius 3 is 2.33 bits per heavy atom. The maximum absolute atomic E-state index is 12.1. The third-order valence-electron chi connectivity index (χ3n) is 2.46. The Balaban J connectivity index is 4.53. The van der Waals surface area contributed by atoms with Gasteiger partial charge >= 0.3 is 6.18 Å². The zero-order valence-electron chi connectivity index (χ0n) is 11.1. The van der Waals surface area contributed by atoms with E-state index in [0.717, 1.165) is 4.90 Å². The molecule has 0 aromatic carbocycles. The standard InChI is InChI=1S/C11H20F3NO3/c1-5-6-9(18-7-11(12,13)14)15(3)10(16)8(2)17-4/h8-9H,5-7H2,1-4H3. The van der Waals surface area contributed by atoms with Crippen molar-refractivity contribution < 1.29 is 27.4 Å². The third-order valence-corrected chi connectivity index (χ3v) is 2.46. The number of ether oxygens (including phenoxy) is 2. The number of likely N-dealkylation sites (N-methyl/N-ethyl adjacent to an activating group) is 1. The molecule has 0 aromatic rings. The highest BCUT2D eigenvalue weighted by Crippen LogP contribution is 2.18. The van der Waals surface area contributed by atoms with Gasteiger partial charge in [0.25, 0.3) is 5.91 Å². The highest BCUT2D eigenvalue weighted by molar-refractivity contribution is 5.80. The van der Waals surface area contributed by atoms with Gasteiger partial charge in [0, 0.05) is 14.2 Å². The Bertz CT molecular complexity index is 258. The van der Waals surface area contributed by atoms with Crippen LogP contribution in [0.4, 0.5) is 13.2 Å². The first-order chi connectivity index (χ1) is 8.22. The summed E-state index contributed by atoms with van der Waals surface area (Å²) < 4.78 is 45.9. The summed E-state index contributed by atoms with van der Waals surface area (Å²) in [6, 6.07) is 0. The van der Waals surface area contributed by atoms with Crippen LogP contribution in [0.5, 0.6) is 0 Å². The van der Waals surface area contributed by atoms with Gasteiger partial charge < -0.3 is 14.4 Å². The molecule has 0 aromatic heterocycles. The van der Waals surface area contributed by atoms with Crippen LogP contribution in [0.15, 0.2) is 0 Å². The van der Waals surface area contributed by atoms with Gasteiger partial charge in [0.05, 0.1) is 0 Å². The van der Waals surface area contributed by atoms with Crippen molar-refractivity contribution in [3.63, 3.8) is 0 Å². The van der Waals surface area contributed by atoms with Crippen LogP contribution in [-0.4, -0.2) is 50.1 Å². The minimum Gasteiger partial charge on any atom is -0.372 e.